The predicted molar refractivity (Wildman–Crippen MR) is 59.4 cm³/mol. The summed E-state index contributed by atoms with van der Waals surface area (Å²) in [6.45, 7) is 6.11. The topological polar surface area (TPSA) is 35.5 Å². The fraction of sp³-hybridized carbons (Fsp3) is 1.00. The quantitative estimate of drug-likeness (QED) is 0.641. The van der Waals surface area contributed by atoms with Gasteiger partial charge in [-0.15, -0.1) is 0 Å². The van der Waals surface area contributed by atoms with E-state index in [0.29, 0.717) is 0 Å². The molecule has 0 bridgehead atoms. The fourth-order valence-corrected chi connectivity index (χ4v) is 1.97. The average molecular weight is 200 g/mol. The first kappa shape index (κ1) is 12.0. The second-order valence-corrected chi connectivity index (χ2v) is 4.59. The van der Waals surface area contributed by atoms with Crippen molar-refractivity contribution >= 4 is 0 Å². The Morgan fingerprint density at radius 2 is 2.07 bits per heavy atom. The highest BCUT2D eigenvalue weighted by Crippen LogP contribution is 2.18. The lowest BCUT2D eigenvalue weighted by molar-refractivity contribution is 0.185. The predicted octanol–water partition coefficient (Wildman–Crippen LogP) is 0.689. The van der Waals surface area contributed by atoms with Gasteiger partial charge in [0.25, 0.3) is 0 Å². The molecule has 1 unspecified atom stereocenters. The Morgan fingerprint density at radius 1 is 1.43 bits per heavy atom. The zero-order valence-electron chi connectivity index (χ0n) is 9.50. The standard InChI is InChI=1S/C11H24N2O/c1-10(14)9-12-6-3-11-4-7-13(2)8-5-11/h10-12,14H,3-9H2,1-2H3. The smallest absolute Gasteiger partial charge is 0.0636 e. The van der Waals surface area contributed by atoms with Crippen molar-refractivity contribution in [3.8, 4) is 0 Å². The summed E-state index contributed by atoms with van der Waals surface area (Å²) in [5.74, 6) is 0.896. The Morgan fingerprint density at radius 3 is 2.64 bits per heavy atom. The van der Waals surface area contributed by atoms with Gasteiger partial charge in [0.1, 0.15) is 0 Å². The molecule has 0 aromatic rings. The molecule has 14 heavy (non-hydrogen) atoms. The highest BCUT2D eigenvalue weighted by Gasteiger charge is 2.15. The van der Waals surface area contributed by atoms with Crippen molar-refractivity contribution in [3.63, 3.8) is 0 Å². The van der Waals surface area contributed by atoms with E-state index >= 15 is 0 Å². The fourth-order valence-electron chi connectivity index (χ4n) is 1.97. The normalized spacial score (nSPS) is 22.5. The maximum atomic E-state index is 9.05. The number of nitrogens with one attached hydrogen (secondary N) is 1. The van der Waals surface area contributed by atoms with Gasteiger partial charge in [0.05, 0.1) is 6.10 Å². The molecular weight excluding hydrogens is 176 g/mol. The highest BCUT2D eigenvalue weighted by molar-refractivity contribution is 4.70. The first-order chi connectivity index (χ1) is 6.68. The van der Waals surface area contributed by atoms with E-state index < -0.39 is 0 Å². The first-order valence-electron chi connectivity index (χ1n) is 5.76. The van der Waals surface area contributed by atoms with E-state index in [1.165, 1.54) is 32.4 Å². The molecule has 0 aromatic carbocycles. The molecule has 0 spiro atoms. The number of hydrogen-bond donors (Lipinski definition) is 2. The number of piperidine rings is 1. The van der Waals surface area contributed by atoms with Crippen molar-refractivity contribution in [2.45, 2.75) is 32.3 Å². The van der Waals surface area contributed by atoms with E-state index in [2.05, 4.69) is 17.3 Å². The molecular formula is C11H24N2O. The van der Waals surface area contributed by atoms with Crippen LogP contribution in [-0.2, 0) is 0 Å². The van der Waals surface area contributed by atoms with Gasteiger partial charge >= 0.3 is 0 Å². The van der Waals surface area contributed by atoms with E-state index in [0.717, 1.165) is 19.0 Å². The summed E-state index contributed by atoms with van der Waals surface area (Å²) in [4.78, 5) is 2.40. The number of likely N-dealkylation sites (tertiary alicyclic amines) is 1. The minimum absolute atomic E-state index is 0.215. The lowest BCUT2D eigenvalue weighted by atomic mass is 9.94. The van der Waals surface area contributed by atoms with Crippen LogP contribution in [0.5, 0.6) is 0 Å². The van der Waals surface area contributed by atoms with Gasteiger partial charge in [0.15, 0.2) is 0 Å². The third kappa shape index (κ3) is 4.94. The van der Waals surface area contributed by atoms with Gasteiger partial charge in [-0.3, -0.25) is 0 Å². The second kappa shape index (κ2) is 6.38. The number of nitrogens with zero attached hydrogens (tertiary/aromatic N) is 1. The Bertz CT molecular complexity index is 142. The van der Waals surface area contributed by atoms with Gasteiger partial charge in [-0.2, -0.15) is 0 Å². The molecule has 1 atom stereocenters. The van der Waals surface area contributed by atoms with Crippen LogP contribution in [-0.4, -0.2) is 49.3 Å². The van der Waals surface area contributed by atoms with Gasteiger partial charge in [-0.25, -0.2) is 0 Å². The van der Waals surface area contributed by atoms with Gasteiger partial charge in [0, 0.05) is 6.54 Å². The summed E-state index contributed by atoms with van der Waals surface area (Å²) >= 11 is 0. The average Bonchev–Trinajstić information content (AvgIpc) is 2.15. The van der Waals surface area contributed by atoms with Crippen LogP contribution < -0.4 is 5.32 Å². The molecule has 0 radical (unpaired) electrons. The Kier molecular flexibility index (Phi) is 5.45. The molecule has 0 aliphatic carbocycles. The zero-order chi connectivity index (χ0) is 10.4. The van der Waals surface area contributed by atoms with Crippen molar-refractivity contribution < 1.29 is 5.11 Å². The SMILES string of the molecule is CC(O)CNCCC1CCN(C)CC1. The van der Waals surface area contributed by atoms with Gasteiger partial charge in [-0.1, -0.05) is 0 Å². The van der Waals surface area contributed by atoms with E-state index in [9.17, 15) is 0 Å². The van der Waals surface area contributed by atoms with Crippen LogP contribution in [0.25, 0.3) is 0 Å². The third-order valence-electron chi connectivity index (χ3n) is 3.01. The van der Waals surface area contributed by atoms with Crippen LogP contribution in [0, 0.1) is 5.92 Å². The highest BCUT2D eigenvalue weighted by atomic mass is 16.3. The molecule has 0 aromatic heterocycles. The Hall–Kier alpha value is -0.120. The number of rotatable bonds is 5. The van der Waals surface area contributed by atoms with Crippen LogP contribution in [0.2, 0.25) is 0 Å². The Balaban J connectivity index is 1.96. The summed E-state index contributed by atoms with van der Waals surface area (Å²) in [5, 5.41) is 12.3. The molecule has 3 heteroatoms. The molecule has 1 aliphatic heterocycles. The molecule has 1 rings (SSSR count). The maximum absolute atomic E-state index is 9.05. The van der Waals surface area contributed by atoms with Crippen molar-refractivity contribution in [2.24, 2.45) is 5.92 Å². The summed E-state index contributed by atoms with van der Waals surface area (Å²) in [6, 6.07) is 0. The van der Waals surface area contributed by atoms with E-state index in [1.807, 2.05) is 6.92 Å². The molecule has 1 saturated heterocycles. The molecule has 0 saturated carbocycles. The number of aliphatic hydroxyl groups excluding tert-OH is 1. The van der Waals surface area contributed by atoms with Crippen LogP contribution in [0.1, 0.15) is 26.2 Å². The lowest BCUT2D eigenvalue weighted by Crippen LogP contribution is -2.32. The summed E-state index contributed by atoms with van der Waals surface area (Å²) < 4.78 is 0. The molecule has 3 nitrogen and oxygen atoms in total. The van der Waals surface area contributed by atoms with Crippen molar-refractivity contribution in [3.05, 3.63) is 0 Å². The molecule has 1 aliphatic rings. The van der Waals surface area contributed by atoms with Gasteiger partial charge in [0.2, 0.25) is 0 Å². The van der Waals surface area contributed by atoms with E-state index in [1.54, 1.807) is 0 Å². The van der Waals surface area contributed by atoms with E-state index in [-0.39, 0.29) is 6.10 Å². The number of hydrogen-bond acceptors (Lipinski definition) is 3. The lowest BCUT2D eigenvalue weighted by Gasteiger charge is -2.28. The van der Waals surface area contributed by atoms with Crippen LogP contribution in [0.4, 0.5) is 0 Å². The minimum Gasteiger partial charge on any atom is -0.392 e. The molecule has 2 N–H and O–H groups in total. The molecule has 84 valence electrons. The summed E-state index contributed by atoms with van der Waals surface area (Å²) in [5.41, 5.74) is 0. The first-order valence-corrected chi connectivity index (χ1v) is 5.76. The summed E-state index contributed by atoms with van der Waals surface area (Å²) in [7, 11) is 2.20. The molecule has 0 amide bonds. The van der Waals surface area contributed by atoms with E-state index in [4.69, 9.17) is 5.11 Å². The van der Waals surface area contributed by atoms with Crippen molar-refractivity contribution in [1.82, 2.24) is 10.2 Å². The monoisotopic (exact) mass is 200 g/mol. The van der Waals surface area contributed by atoms with Crippen LogP contribution in [0.15, 0.2) is 0 Å². The third-order valence-corrected chi connectivity index (χ3v) is 3.01. The van der Waals surface area contributed by atoms with Crippen molar-refractivity contribution in [1.29, 1.82) is 0 Å². The molecule has 1 heterocycles. The minimum atomic E-state index is -0.215. The maximum Gasteiger partial charge on any atom is 0.0636 e. The largest absolute Gasteiger partial charge is 0.392 e. The van der Waals surface area contributed by atoms with Crippen molar-refractivity contribution in [2.75, 3.05) is 33.2 Å². The van der Waals surface area contributed by atoms with Crippen LogP contribution >= 0.6 is 0 Å². The molecule has 1 fully saturated rings. The Labute approximate surface area is 87.5 Å². The summed E-state index contributed by atoms with van der Waals surface area (Å²) in [6.07, 6.45) is 3.73. The van der Waals surface area contributed by atoms with Gasteiger partial charge in [-0.05, 0) is 58.8 Å². The zero-order valence-corrected chi connectivity index (χ0v) is 9.50. The second-order valence-electron chi connectivity index (χ2n) is 4.59. The number of aliphatic hydroxyl groups is 1. The van der Waals surface area contributed by atoms with Gasteiger partial charge < -0.3 is 15.3 Å². The van der Waals surface area contributed by atoms with Crippen LogP contribution in [0.3, 0.4) is 0 Å².